The molecule has 1 aliphatic carbocycles. The molecule has 2 aliphatic rings. The molecule has 1 aliphatic heterocycles. The summed E-state index contributed by atoms with van der Waals surface area (Å²) in [6.45, 7) is 7.37. The van der Waals surface area contributed by atoms with Crippen LogP contribution in [0.4, 0.5) is 0 Å². The van der Waals surface area contributed by atoms with Gasteiger partial charge in [-0.3, -0.25) is 0 Å². The Balaban J connectivity index is 2.03. The van der Waals surface area contributed by atoms with Crippen molar-refractivity contribution in [1.82, 2.24) is 0 Å². The number of esters is 1. The molecule has 5 nitrogen and oxygen atoms in total. The van der Waals surface area contributed by atoms with Gasteiger partial charge in [0.25, 0.3) is 0 Å². The highest BCUT2D eigenvalue weighted by Gasteiger charge is 2.51. The lowest BCUT2D eigenvalue weighted by atomic mass is 9.81. The Labute approximate surface area is 113 Å². The molecule has 108 valence electrons. The van der Waals surface area contributed by atoms with Gasteiger partial charge in [-0.05, 0) is 19.8 Å². The van der Waals surface area contributed by atoms with Crippen molar-refractivity contribution in [3.05, 3.63) is 12.7 Å². The van der Waals surface area contributed by atoms with Crippen molar-refractivity contribution >= 4 is 5.97 Å². The van der Waals surface area contributed by atoms with Crippen LogP contribution in [0.5, 0.6) is 0 Å². The number of hydrogen-bond donors (Lipinski definition) is 0. The monoisotopic (exact) mass is 270 g/mol. The van der Waals surface area contributed by atoms with Crippen molar-refractivity contribution in [3.63, 3.8) is 0 Å². The second-order valence-electron chi connectivity index (χ2n) is 4.92. The van der Waals surface area contributed by atoms with E-state index >= 15 is 0 Å². The molecule has 0 aromatic rings. The molecule has 1 saturated heterocycles. The Kier molecular flexibility index (Phi) is 4.60. The molecule has 0 unspecified atom stereocenters. The van der Waals surface area contributed by atoms with Gasteiger partial charge in [0.05, 0.1) is 26.4 Å². The maximum Gasteiger partial charge on any atom is 0.338 e. The molecule has 0 radical (unpaired) electrons. The van der Waals surface area contributed by atoms with E-state index in [1.54, 1.807) is 13.0 Å². The van der Waals surface area contributed by atoms with E-state index in [0.29, 0.717) is 52.1 Å². The predicted molar refractivity (Wildman–Crippen MR) is 68.6 cm³/mol. The third kappa shape index (κ3) is 2.99. The Morgan fingerprint density at radius 2 is 1.89 bits per heavy atom. The first kappa shape index (κ1) is 14.5. The summed E-state index contributed by atoms with van der Waals surface area (Å²) in [5.41, 5.74) is -0.870. The van der Waals surface area contributed by atoms with Crippen LogP contribution in [0.15, 0.2) is 12.7 Å². The van der Waals surface area contributed by atoms with E-state index in [1.165, 1.54) is 0 Å². The normalized spacial score (nSPS) is 24.3. The lowest BCUT2D eigenvalue weighted by Crippen LogP contribution is -2.50. The highest BCUT2D eigenvalue weighted by Crippen LogP contribution is 2.42. The molecule has 5 heteroatoms. The Morgan fingerprint density at radius 3 is 2.42 bits per heavy atom. The molecular weight excluding hydrogens is 248 g/mol. The number of rotatable bonds is 5. The largest absolute Gasteiger partial charge is 0.464 e. The van der Waals surface area contributed by atoms with E-state index < -0.39 is 11.4 Å². The van der Waals surface area contributed by atoms with Gasteiger partial charge < -0.3 is 18.9 Å². The molecule has 0 aromatic heterocycles. The van der Waals surface area contributed by atoms with Crippen LogP contribution in [0, 0.1) is 0 Å². The highest BCUT2D eigenvalue weighted by atomic mass is 16.7. The lowest BCUT2D eigenvalue weighted by molar-refractivity contribution is -0.217. The van der Waals surface area contributed by atoms with Crippen LogP contribution in [0.1, 0.15) is 32.6 Å². The summed E-state index contributed by atoms with van der Waals surface area (Å²) in [6, 6.07) is 0. The third-order valence-electron chi connectivity index (χ3n) is 3.76. The minimum Gasteiger partial charge on any atom is -0.464 e. The average molecular weight is 270 g/mol. The van der Waals surface area contributed by atoms with Crippen LogP contribution in [-0.4, -0.2) is 43.8 Å². The van der Waals surface area contributed by atoms with Crippen LogP contribution < -0.4 is 0 Å². The number of carbonyl (C=O) groups is 1. The summed E-state index contributed by atoms with van der Waals surface area (Å²) in [4.78, 5) is 12.2. The lowest BCUT2D eigenvalue weighted by Gasteiger charge is -2.41. The predicted octanol–water partition coefficient (Wildman–Crippen LogP) is 1.81. The fourth-order valence-corrected chi connectivity index (χ4v) is 2.71. The van der Waals surface area contributed by atoms with Crippen LogP contribution in [-0.2, 0) is 23.7 Å². The standard InChI is InChI=1S/C14H22O5/c1-3-9-17-13(12(15)16-4-2)5-7-14(8-6-13)18-10-11-19-14/h3H,1,4-11H2,2H3. The van der Waals surface area contributed by atoms with Gasteiger partial charge in [0.1, 0.15) is 0 Å². The quantitative estimate of drug-likeness (QED) is 0.563. The molecule has 2 rings (SSSR count). The molecule has 0 aromatic carbocycles. The molecule has 1 spiro atoms. The van der Waals surface area contributed by atoms with E-state index in [-0.39, 0.29) is 5.97 Å². The molecule has 2 fully saturated rings. The van der Waals surface area contributed by atoms with Crippen molar-refractivity contribution in [2.75, 3.05) is 26.4 Å². The molecular formula is C14H22O5. The number of carbonyl (C=O) groups excluding carboxylic acids is 1. The van der Waals surface area contributed by atoms with Crippen LogP contribution in [0.25, 0.3) is 0 Å². The first-order valence-corrected chi connectivity index (χ1v) is 6.86. The zero-order chi connectivity index (χ0) is 13.8. The molecule has 0 bridgehead atoms. The summed E-state index contributed by atoms with van der Waals surface area (Å²) in [7, 11) is 0. The van der Waals surface area contributed by atoms with E-state index in [9.17, 15) is 4.79 Å². The van der Waals surface area contributed by atoms with Gasteiger partial charge >= 0.3 is 5.97 Å². The summed E-state index contributed by atoms with van der Waals surface area (Å²) in [5, 5.41) is 0. The van der Waals surface area contributed by atoms with Gasteiger partial charge in [-0.25, -0.2) is 4.79 Å². The topological polar surface area (TPSA) is 54.0 Å². The Bertz CT molecular complexity index is 323. The number of ether oxygens (including phenoxy) is 4. The van der Waals surface area contributed by atoms with Crippen molar-refractivity contribution in [2.45, 2.75) is 44.0 Å². The minimum absolute atomic E-state index is 0.287. The van der Waals surface area contributed by atoms with E-state index in [1.807, 2.05) is 0 Å². The van der Waals surface area contributed by atoms with Gasteiger partial charge in [-0.2, -0.15) is 0 Å². The molecule has 0 amide bonds. The molecule has 19 heavy (non-hydrogen) atoms. The molecule has 0 atom stereocenters. The second-order valence-corrected chi connectivity index (χ2v) is 4.92. The highest BCUT2D eigenvalue weighted by molar-refractivity contribution is 5.79. The summed E-state index contributed by atoms with van der Waals surface area (Å²) in [6.07, 6.45) is 4.07. The molecule has 0 N–H and O–H groups in total. The number of hydrogen-bond acceptors (Lipinski definition) is 5. The SMILES string of the molecule is C=CCOC1(C(=O)OCC)CCC2(CC1)OCCO2. The van der Waals surface area contributed by atoms with Gasteiger partial charge in [0, 0.05) is 12.8 Å². The summed E-state index contributed by atoms with van der Waals surface area (Å²) in [5.74, 6) is -0.794. The molecule has 1 heterocycles. The van der Waals surface area contributed by atoms with Gasteiger partial charge in [-0.15, -0.1) is 6.58 Å². The Morgan fingerprint density at radius 1 is 1.26 bits per heavy atom. The third-order valence-corrected chi connectivity index (χ3v) is 3.76. The molecule has 1 saturated carbocycles. The van der Waals surface area contributed by atoms with Crippen molar-refractivity contribution in [3.8, 4) is 0 Å². The van der Waals surface area contributed by atoms with Crippen LogP contribution >= 0.6 is 0 Å². The maximum atomic E-state index is 12.2. The van der Waals surface area contributed by atoms with Gasteiger partial charge in [-0.1, -0.05) is 6.08 Å². The Hall–Kier alpha value is -0.910. The first-order chi connectivity index (χ1) is 9.16. The smallest absolute Gasteiger partial charge is 0.338 e. The van der Waals surface area contributed by atoms with E-state index in [2.05, 4.69) is 6.58 Å². The fourth-order valence-electron chi connectivity index (χ4n) is 2.71. The van der Waals surface area contributed by atoms with Crippen LogP contribution in [0.2, 0.25) is 0 Å². The van der Waals surface area contributed by atoms with Gasteiger partial charge in [0.15, 0.2) is 11.4 Å². The minimum atomic E-state index is -0.870. The van der Waals surface area contributed by atoms with Gasteiger partial charge in [0.2, 0.25) is 0 Å². The second kappa shape index (κ2) is 6.03. The average Bonchev–Trinajstić information content (AvgIpc) is 2.88. The van der Waals surface area contributed by atoms with Crippen molar-refractivity contribution in [2.24, 2.45) is 0 Å². The summed E-state index contributed by atoms with van der Waals surface area (Å²) >= 11 is 0. The van der Waals surface area contributed by atoms with Crippen LogP contribution in [0.3, 0.4) is 0 Å². The fraction of sp³-hybridized carbons (Fsp3) is 0.786. The van der Waals surface area contributed by atoms with Crippen molar-refractivity contribution < 1.29 is 23.7 Å². The summed E-state index contributed by atoms with van der Waals surface area (Å²) < 4.78 is 22.2. The zero-order valence-corrected chi connectivity index (χ0v) is 11.5. The zero-order valence-electron chi connectivity index (χ0n) is 11.5. The maximum absolute atomic E-state index is 12.2. The van der Waals surface area contributed by atoms with E-state index in [0.717, 1.165) is 0 Å². The first-order valence-electron chi connectivity index (χ1n) is 6.86. The van der Waals surface area contributed by atoms with E-state index in [4.69, 9.17) is 18.9 Å². The van der Waals surface area contributed by atoms with Crippen molar-refractivity contribution in [1.29, 1.82) is 0 Å².